The highest BCUT2D eigenvalue weighted by Gasteiger charge is 2.39. The van der Waals surface area contributed by atoms with Gasteiger partial charge in [0.1, 0.15) is 0 Å². The third kappa shape index (κ3) is 8.61. The van der Waals surface area contributed by atoms with Crippen LogP contribution in [0.3, 0.4) is 0 Å². The Bertz CT molecular complexity index is 991. The third-order valence-corrected chi connectivity index (χ3v) is 7.48. The standard InChI is InChI=1S/C30H40F4N2O2/c1-2-3-4-5-6-10-18-35-27(22-26(31)28(37)23-12-8-7-9-13-23)36-19-16-29(38,17-20-36)24-14-11-15-25(21-24)30(32,33)34/h7-9,11-15,21,26-27,35,38H,2-6,10,16-20,22H2,1H3. The number of alkyl halides is 4. The van der Waals surface area contributed by atoms with E-state index in [0.29, 0.717) is 25.2 Å². The maximum Gasteiger partial charge on any atom is 0.416 e. The first-order valence-corrected chi connectivity index (χ1v) is 13.7. The molecule has 2 atom stereocenters. The first-order chi connectivity index (χ1) is 18.1. The topological polar surface area (TPSA) is 52.6 Å². The SMILES string of the molecule is CCCCCCCCNC(CC(F)C(=O)c1ccccc1)N1CCC(O)(c2cccc(C(F)(F)F)c2)CC1. The van der Waals surface area contributed by atoms with Gasteiger partial charge in [-0.05, 0) is 43.5 Å². The fraction of sp³-hybridized carbons (Fsp3) is 0.567. The molecule has 0 aromatic heterocycles. The van der Waals surface area contributed by atoms with Crippen molar-refractivity contribution in [3.8, 4) is 0 Å². The number of carbonyl (C=O) groups excluding carboxylic acids is 1. The van der Waals surface area contributed by atoms with Crippen LogP contribution in [0.2, 0.25) is 0 Å². The number of nitrogens with zero attached hydrogens (tertiary/aromatic N) is 1. The second-order valence-electron chi connectivity index (χ2n) is 10.3. The van der Waals surface area contributed by atoms with Crippen molar-refractivity contribution in [1.29, 1.82) is 0 Å². The van der Waals surface area contributed by atoms with Gasteiger partial charge in [-0.25, -0.2) is 4.39 Å². The lowest BCUT2D eigenvalue weighted by atomic mass is 9.83. The fourth-order valence-electron chi connectivity index (χ4n) is 5.10. The monoisotopic (exact) mass is 536 g/mol. The minimum absolute atomic E-state index is 0.0362. The second kappa shape index (κ2) is 14.2. The van der Waals surface area contributed by atoms with Crippen molar-refractivity contribution in [3.63, 3.8) is 0 Å². The molecule has 1 aliphatic heterocycles. The highest BCUT2D eigenvalue weighted by atomic mass is 19.4. The molecule has 0 amide bonds. The summed E-state index contributed by atoms with van der Waals surface area (Å²) in [6.45, 7) is 3.58. The number of rotatable bonds is 14. The summed E-state index contributed by atoms with van der Waals surface area (Å²) in [6, 6.07) is 13.2. The van der Waals surface area contributed by atoms with E-state index in [4.69, 9.17) is 0 Å². The van der Waals surface area contributed by atoms with Gasteiger partial charge in [0.2, 0.25) is 0 Å². The lowest BCUT2D eigenvalue weighted by molar-refractivity contribution is -0.137. The van der Waals surface area contributed by atoms with Crippen molar-refractivity contribution in [3.05, 3.63) is 71.3 Å². The molecule has 0 saturated carbocycles. The van der Waals surface area contributed by atoms with E-state index in [1.54, 1.807) is 30.3 Å². The van der Waals surface area contributed by atoms with Crippen molar-refractivity contribution in [2.75, 3.05) is 19.6 Å². The molecule has 38 heavy (non-hydrogen) atoms. The number of benzene rings is 2. The number of hydrogen-bond acceptors (Lipinski definition) is 4. The summed E-state index contributed by atoms with van der Waals surface area (Å²) in [4.78, 5) is 14.7. The smallest absolute Gasteiger partial charge is 0.385 e. The molecule has 0 aliphatic carbocycles. The normalized spacial score (nSPS) is 17.7. The van der Waals surface area contributed by atoms with Gasteiger partial charge in [-0.3, -0.25) is 9.69 Å². The van der Waals surface area contributed by atoms with Gasteiger partial charge in [-0.2, -0.15) is 13.2 Å². The quantitative estimate of drug-likeness (QED) is 0.157. The van der Waals surface area contributed by atoms with Crippen LogP contribution in [0.5, 0.6) is 0 Å². The van der Waals surface area contributed by atoms with E-state index in [9.17, 15) is 23.1 Å². The molecule has 2 aromatic carbocycles. The van der Waals surface area contributed by atoms with Gasteiger partial charge in [0.05, 0.1) is 17.3 Å². The molecule has 210 valence electrons. The molecule has 2 aromatic rings. The Hall–Kier alpha value is -2.29. The van der Waals surface area contributed by atoms with Crippen LogP contribution < -0.4 is 5.32 Å². The molecule has 4 nitrogen and oxygen atoms in total. The molecule has 2 N–H and O–H groups in total. The summed E-state index contributed by atoms with van der Waals surface area (Å²) < 4.78 is 54.8. The van der Waals surface area contributed by atoms with Gasteiger partial charge in [-0.15, -0.1) is 0 Å². The average Bonchev–Trinajstić information content (AvgIpc) is 2.92. The van der Waals surface area contributed by atoms with Gasteiger partial charge >= 0.3 is 6.18 Å². The van der Waals surface area contributed by atoms with Crippen molar-refractivity contribution < 1.29 is 27.5 Å². The zero-order chi connectivity index (χ0) is 27.6. The Morgan fingerprint density at radius 3 is 2.32 bits per heavy atom. The van der Waals surface area contributed by atoms with Crippen LogP contribution in [0.25, 0.3) is 0 Å². The predicted molar refractivity (Wildman–Crippen MR) is 142 cm³/mol. The van der Waals surface area contributed by atoms with Crippen LogP contribution in [-0.4, -0.2) is 47.8 Å². The van der Waals surface area contributed by atoms with Gasteiger partial charge in [0, 0.05) is 25.1 Å². The van der Waals surface area contributed by atoms with E-state index < -0.39 is 35.5 Å². The minimum Gasteiger partial charge on any atom is -0.385 e. The van der Waals surface area contributed by atoms with E-state index in [1.807, 2.05) is 4.90 Å². The van der Waals surface area contributed by atoms with E-state index in [-0.39, 0.29) is 24.8 Å². The molecular weight excluding hydrogens is 496 g/mol. The summed E-state index contributed by atoms with van der Waals surface area (Å²) in [6.07, 6.45) is 0.529. The number of ketones is 1. The van der Waals surface area contributed by atoms with Crippen LogP contribution in [0.15, 0.2) is 54.6 Å². The molecule has 0 spiro atoms. The van der Waals surface area contributed by atoms with Crippen LogP contribution in [0.1, 0.15) is 86.2 Å². The van der Waals surface area contributed by atoms with Gasteiger partial charge < -0.3 is 10.4 Å². The van der Waals surface area contributed by atoms with Crippen molar-refractivity contribution in [1.82, 2.24) is 10.2 Å². The van der Waals surface area contributed by atoms with Crippen LogP contribution in [0, 0.1) is 0 Å². The third-order valence-electron chi connectivity index (χ3n) is 7.48. The average molecular weight is 537 g/mol. The van der Waals surface area contributed by atoms with E-state index in [1.165, 1.54) is 31.4 Å². The number of hydrogen-bond donors (Lipinski definition) is 2. The van der Waals surface area contributed by atoms with E-state index >= 15 is 4.39 Å². The van der Waals surface area contributed by atoms with Gasteiger partial charge in [0.25, 0.3) is 0 Å². The Balaban J connectivity index is 1.64. The lowest BCUT2D eigenvalue weighted by Crippen LogP contribution is -2.53. The zero-order valence-corrected chi connectivity index (χ0v) is 22.2. The van der Waals surface area contributed by atoms with Crippen molar-refractivity contribution in [2.24, 2.45) is 0 Å². The van der Waals surface area contributed by atoms with Crippen LogP contribution in [-0.2, 0) is 11.8 Å². The molecule has 1 fully saturated rings. The Labute approximate surface area is 223 Å². The molecule has 1 aliphatic rings. The number of halogens is 4. The minimum atomic E-state index is -4.49. The lowest BCUT2D eigenvalue weighted by Gasteiger charge is -2.42. The molecule has 3 rings (SSSR count). The maximum absolute atomic E-state index is 15.2. The van der Waals surface area contributed by atoms with E-state index in [0.717, 1.165) is 31.4 Å². The molecular formula is C30H40F4N2O2. The predicted octanol–water partition coefficient (Wildman–Crippen LogP) is 6.88. The van der Waals surface area contributed by atoms with E-state index in [2.05, 4.69) is 12.2 Å². The summed E-state index contributed by atoms with van der Waals surface area (Å²) in [5, 5.41) is 14.6. The molecule has 1 saturated heterocycles. The maximum atomic E-state index is 15.2. The van der Waals surface area contributed by atoms with Gasteiger partial charge in [0.15, 0.2) is 12.0 Å². The van der Waals surface area contributed by atoms with Crippen LogP contribution in [0.4, 0.5) is 17.6 Å². The summed E-state index contributed by atoms with van der Waals surface area (Å²) >= 11 is 0. The number of Topliss-reactive ketones (excluding diaryl/α,β-unsaturated/α-hetero) is 1. The number of piperidine rings is 1. The largest absolute Gasteiger partial charge is 0.416 e. The van der Waals surface area contributed by atoms with Crippen molar-refractivity contribution >= 4 is 5.78 Å². The van der Waals surface area contributed by atoms with Gasteiger partial charge in [-0.1, -0.05) is 81.5 Å². The molecule has 2 unspecified atom stereocenters. The number of nitrogens with one attached hydrogen (secondary N) is 1. The number of carbonyl (C=O) groups is 1. The Morgan fingerprint density at radius 2 is 1.66 bits per heavy atom. The Morgan fingerprint density at radius 1 is 1.00 bits per heavy atom. The molecule has 0 radical (unpaired) electrons. The fourth-order valence-corrected chi connectivity index (χ4v) is 5.10. The molecule has 0 bridgehead atoms. The molecule has 1 heterocycles. The highest BCUT2D eigenvalue weighted by molar-refractivity contribution is 5.99. The molecule has 8 heteroatoms. The number of likely N-dealkylation sites (tertiary alicyclic amines) is 1. The van der Waals surface area contributed by atoms with Crippen molar-refractivity contribution in [2.45, 2.75) is 88.8 Å². The number of unbranched alkanes of at least 4 members (excludes halogenated alkanes) is 5. The second-order valence-corrected chi connectivity index (χ2v) is 10.3. The number of aliphatic hydroxyl groups is 1. The first-order valence-electron chi connectivity index (χ1n) is 13.7. The Kier molecular flexibility index (Phi) is 11.3. The summed E-state index contributed by atoms with van der Waals surface area (Å²) in [5.41, 5.74) is -1.61. The highest BCUT2D eigenvalue weighted by Crippen LogP contribution is 2.37. The summed E-state index contributed by atoms with van der Waals surface area (Å²) in [5.74, 6) is -0.561. The van der Waals surface area contributed by atoms with Crippen LogP contribution >= 0.6 is 0 Å². The summed E-state index contributed by atoms with van der Waals surface area (Å²) in [7, 11) is 0. The zero-order valence-electron chi connectivity index (χ0n) is 22.2. The first kappa shape index (κ1) is 30.3.